The summed E-state index contributed by atoms with van der Waals surface area (Å²) < 4.78 is 0. The minimum absolute atomic E-state index is 0.0913. The van der Waals surface area contributed by atoms with E-state index in [2.05, 4.69) is 0 Å². The van der Waals surface area contributed by atoms with Gasteiger partial charge in [-0.25, -0.2) is 0 Å². The Kier molecular flexibility index (Phi) is 5.32. The molecule has 0 spiro atoms. The lowest BCUT2D eigenvalue weighted by molar-refractivity contribution is 0.0813. The van der Waals surface area contributed by atoms with Crippen LogP contribution in [-0.4, -0.2) is 21.8 Å². The maximum Gasteiger partial charge on any atom is 0.237 e. The second-order valence-electron chi connectivity index (χ2n) is 5.21. The van der Waals surface area contributed by atoms with Gasteiger partial charge in [0.2, 0.25) is 11.6 Å². The van der Waals surface area contributed by atoms with Gasteiger partial charge in [0.15, 0.2) is 0 Å². The highest BCUT2D eigenvalue weighted by atomic mass is 16.3. The van der Waals surface area contributed by atoms with E-state index < -0.39 is 11.6 Å². The summed E-state index contributed by atoms with van der Waals surface area (Å²) in [5.41, 5.74) is 1.20. The van der Waals surface area contributed by atoms with Crippen LogP contribution in [0.2, 0.25) is 0 Å². The molecule has 122 valence electrons. The molecule has 0 atom stereocenters. The molecule has 2 rings (SSSR count). The molecule has 2 N–H and O–H groups in total. The molecule has 0 fully saturated rings. The maximum absolute atomic E-state index is 12.5. The molecule has 4 nitrogen and oxygen atoms in total. The van der Waals surface area contributed by atoms with Crippen LogP contribution in [0.25, 0.3) is 12.2 Å². The fraction of sp³-hybridized carbons (Fsp3) is 0.100. The number of aromatic hydroxyl groups is 2. The van der Waals surface area contributed by atoms with Crippen LogP contribution in [0.4, 0.5) is 0 Å². The molecular weight excluding hydrogens is 304 g/mol. The maximum atomic E-state index is 12.5. The molecule has 0 radical (unpaired) electrons. The minimum atomic E-state index is -0.869. The number of hydrogen-bond acceptors (Lipinski definition) is 4. The molecule has 0 aliphatic carbocycles. The van der Waals surface area contributed by atoms with E-state index in [9.17, 15) is 19.8 Å². The zero-order valence-corrected chi connectivity index (χ0v) is 13.5. The summed E-state index contributed by atoms with van der Waals surface area (Å²) in [6, 6.07) is 8.91. The zero-order valence-electron chi connectivity index (χ0n) is 13.5. The minimum Gasteiger partial charge on any atom is -0.507 e. The molecule has 0 aliphatic rings. The molecule has 0 saturated heterocycles. The molecule has 0 unspecified atom stereocenters. The Bertz CT molecular complexity index is 773. The van der Waals surface area contributed by atoms with Gasteiger partial charge < -0.3 is 10.2 Å². The first-order valence-corrected chi connectivity index (χ1v) is 7.48. The Labute approximate surface area is 140 Å². The Morgan fingerprint density at radius 2 is 1.12 bits per heavy atom. The average Bonchev–Trinajstić information content (AvgIpc) is 2.57. The van der Waals surface area contributed by atoms with Crippen LogP contribution in [0.15, 0.2) is 48.6 Å². The van der Waals surface area contributed by atoms with Gasteiger partial charge in [-0.2, -0.15) is 0 Å². The van der Waals surface area contributed by atoms with Gasteiger partial charge in [0.1, 0.15) is 11.5 Å². The quantitative estimate of drug-likeness (QED) is 0.638. The van der Waals surface area contributed by atoms with Gasteiger partial charge in [0.25, 0.3) is 0 Å². The molecule has 0 heterocycles. The second kappa shape index (κ2) is 7.42. The third-order valence-electron chi connectivity index (χ3n) is 3.45. The number of phenols is 2. The molecule has 2 aromatic carbocycles. The van der Waals surface area contributed by atoms with Crippen molar-refractivity contribution in [1.29, 1.82) is 0 Å². The Morgan fingerprint density at radius 1 is 0.750 bits per heavy atom. The third-order valence-corrected chi connectivity index (χ3v) is 3.45. The van der Waals surface area contributed by atoms with Gasteiger partial charge >= 0.3 is 0 Å². The summed E-state index contributed by atoms with van der Waals surface area (Å²) >= 11 is 0. The highest BCUT2D eigenvalue weighted by Gasteiger charge is 2.24. The third kappa shape index (κ3) is 3.60. The number of rotatable bonds is 5. The van der Waals surface area contributed by atoms with Crippen LogP contribution in [0, 0.1) is 0 Å². The van der Waals surface area contributed by atoms with Crippen molar-refractivity contribution < 1.29 is 19.8 Å². The molecule has 0 bridgehead atoms. The van der Waals surface area contributed by atoms with Crippen molar-refractivity contribution in [2.24, 2.45) is 0 Å². The Morgan fingerprint density at radius 3 is 1.46 bits per heavy atom. The molecule has 2 aromatic rings. The number of hydrogen-bond donors (Lipinski definition) is 2. The molecule has 0 aromatic heterocycles. The van der Waals surface area contributed by atoms with Crippen LogP contribution < -0.4 is 0 Å². The lowest BCUT2D eigenvalue weighted by Gasteiger charge is -2.07. The van der Waals surface area contributed by atoms with Crippen LogP contribution in [0.1, 0.15) is 45.7 Å². The summed E-state index contributed by atoms with van der Waals surface area (Å²) in [7, 11) is 0. The van der Waals surface area contributed by atoms with Crippen LogP contribution >= 0.6 is 0 Å². The smallest absolute Gasteiger partial charge is 0.237 e. The number of phenolic OH excluding ortho intramolecular Hbond substituents is 2. The number of allylic oxidation sites excluding steroid dienone is 2. The van der Waals surface area contributed by atoms with Crippen molar-refractivity contribution in [3.05, 3.63) is 70.8 Å². The van der Waals surface area contributed by atoms with Crippen molar-refractivity contribution in [1.82, 2.24) is 0 Å². The summed E-state index contributed by atoms with van der Waals surface area (Å²) in [6.07, 6.45) is 7.08. The van der Waals surface area contributed by atoms with Gasteiger partial charge in [0.05, 0.1) is 11.1 Å². The highest BCUT2D eigenvalue weighted by Crippen LogP contribution is 2.25. The summed E-state index contributed by atoms with van der Waals surface area (Å²) in [5.74, 6) is -2.28. The van der Waals surface area contributed by atoms with Gasteiger partial charge in [-0.1, -0.05) is 36.4 Å². The standard InChI is InChI=1S/C20H18O4/c1-3-5-13-7-9-17(21)15(11-13)19(23)20(24)16-12-14(6-4-2)8-10-18(16)22/h3-12,21-22H,1-2H3/b5-3+,6-4+. The van der Waals surface area contributed by atoms with Crippen molar-refractivity contribution in [2.45, 2.75) is 13.8 Å². The van der Waals surface area contributed by atoms with Crippen molar-refractivity contribution in [3.63, 3.8) is 0 Å². The van der Waals surface area contributed by atoms with Crippen molar-refractivity contribution in [2.75, 3.05) is 0 Å². The Balaban J connectivity index is 2.45. The van der Waals surface area contributed by atoms with Crippen LogP contribution in [0.5, 0.6) is 11.5 Å². The van der Waals surface area contributed by atoms with E-state index >= 15 is 0 Å². The lowest BCUT2D eigenvalue weighted by atomic mass is 9.97. The molecule has 4 heteroatoms. The zero-order chi connectivity index (χ0) is 17.7. The fourth-order valence-corrected chi connectivity index (χ4v) is 2.31. The molecule has 0 amide bonds. The summed E-state index contributed by atoms with van der Waals surface area (Å²) in [6.45, 7) is 3.65. The van der Waals surface area contributed by atoms with Gasteiger partial charge in [-0.3, -0.25) is 9.59 Å². The predicted octanol–water partition coefficient (Wildman–Crippen LogP) is 4.23. The number of ketones is 2. The van der Waals surface area contributed by atoms with Gasteiger partial charge in [-0.05, 0) is 49.2 Å². The van der Waals surface area contributed by atoms with E-state index in [1.54, 1.807) is 36.4 Å². The largest absolute Gasteiger partial charge is 0.507 e. The van der Waals surface area contributed by atoms with Crippen LogP contribution in [0.3, 0.4) is 0 Å². The van der Waals surface area contributed by atoms with Crippen molar-refractivity contribution in [3.8, 4) is 11.5 Å². The van der Waals surface area contributed by atoms with Crippen molar-refractivity contribution >= 4 is 23.7 Å². The first-order chi connectivity index (χ1) is 11.5. The first-order valence-electron chi connectivity index (χ1n) is 7.48. The fourth-order valence-electron chi connectivity index (χ4n) is 2.31. The van der Waals surface area contributed by atoms with E-state index in [4.69, 9.17) is 0 Å². The molecule has 24 heavy (non-hydrogen) atoms. The van der Waals surface area contributed by atoms with Crippen LogP contribution in [-0.2, 0) is 0 Å². The van der Waals surface area contributed by atoms with Gasteiger partial charge in [-0.15, -0.1) is 0 Å². The first kappa shape index (κ1) is 17.2. The summed E-state index contributed by atoms with van der Waals surface area (Å²) in [4.78, 5) is 25.0. The van der Waals surface area contributed by atoms with E-state index in [1.807, 2.05) is 13.8 Å². The molecular formula is C20H18O4. The monoisotopic (exact) mass is 322 g/mol. The van der Waals surface area contributed by atoms with E-state index in [-0.39, 0.29) is 22.6 Å². The number of Topliss-reactive ketones (excluding diaryl/α,β-unsaturated/α-hetero) is 2. The van der Waals surface area contributed by atoms with E-state index in [0.717, 1.165) is 0 Å². The predicted molar refractivity (Wildman–Crippen MR) is 94.3 cm³/mol. The Hall–Kier alpha value is -3.14. The highest BCUT2D eigenvalue weighted by molar-refractivity contribution is 6.50. The number of carbonyl (C=O) groups excluding carboxylic acids is 2. The topological polar surface area (TPSA) is 74.6 Å². The summed E-state index contributed by atoms with van der Waals surface area (Å²) in [5, 5.41) is 19.8. The van der Waals surface area contributed by atoms with Gasteiger partial charge in [0, 0.05) is 0 Å². The second-order valence-corrected chi connectivity index (χ2v) is 5.21. The normalized spacial score (nSPS) is 11.2. The van der Waals surface area contributed by atoms with E-state index in [0.29, 0.717) is 11.1 Å². The number of benzene rings is 2. The molecule has 0 aliphatic heterocycles. The number of carbonyl (C=O) groups is 2. The average molecular weight is 322 g/mol. The van der Waals surface area contributed by atoms with E-state index in [1.165, 1.54) is 24.3 Å². The lowest BCUT2D eigenvalue weighted by Crippen LogP contribution is -2.15. The SMILES string of the molecule is C/C=C/c1ccc(O)c(C(=O)C(=O)c2cc(/C=C/C)ccc2O)c1. The molecule has 0 saturated carbocycles.